The summed E-state index contributed by atoms with van der Waals surface area (Å²) >= 11 is 0. The number of halogens is 1. The molecule has 6 heteroatoms. The summed E-state index contributed by atoms with van der Waals surface area (Å²) in [6.07, 6.45) is 6.01. The summed E-state index contributed by atoms with van der Waals surface area (Å²) in [5.41, 5.74) is 3.89. The Morgan fingerprint density at radius 3 is 2.89 bits per heavy atom. The summed E-state index contributed by atoms with van der Waals surface area (Å²) in [4.78, 5) is 19.6. The van der Waals surface area contributed by atoms with Crippen LogP contribution in [0.25, 0.3) is 22.2 Å². The van der Waals surface area contributed by atoms with E-state index < -0.39 is 0 Å². The second kappa shape index (κ2) is 6.44. The van der Waals surface area contributed by atoms with Gasteiger partial charge in [0.25, 0.3) is 0 Å². The minimum atomic E-state index is -0.315. The molecule has 140 valence electrons. The second-order valence-corrected chi connectivity index (χ2v) is 7.74. The summed E-state index contributed by atoms with van der Waals surface area (Å²) in [6.45, 7) is 6.42. The van der Waals surface area contributed by atoms with Crippen LogP contribution in [0, 0.1) is 5.82 Å². The summed E-state index contributed by atoms with van der Waals surface area (Å²) in [7, 11) is 0. The minimum absolute atomic E-state index is 0.0795. The predicted octanol–water partition coefficient (Wildman–Crippen LogP) is 4.44. The number of nitrogens with zero attached hydrogens (tertiary/aromatic N) is 3. The molecule has 0 atom stereocenters. The second-order valence-electron chi connectivity index (χ2n) is 7.74. The van der Waals surface area contributed by atoms with Crippen molar-refractivity contribution in [2.45, 2.75) is 52.0 Å². The van der Waals surface area contributed by atoms with Crippen molar-refractivity contribution in [1.82, 2.24) is 14.5 Å². The van der Waals surface area contributed by atoms with Gasteiger partial charge in [0.1, 0.15) is 17.2 Å². The van der Waals surface area contributed by atoms with Gasteiger partial charge in [-0.05, 0) is 61.6 Å². The lowest BCUT2D eigenvalue weighted by molar-refractivity contribution is -0.105. The van der Waals surface area contributed by atoms with Gasteiger partial charge >= 0.3 is 0 Å². The van der Waals surface area contributed by atoms with Crippen LogP contribution >= 0.6 is 0 Å². The Morgan fingerprint density at radius 2 is 2.15 bits per heavy atom. The first-order valence-electron chi connectivity index (χ1n) is 9.35. The Morgan fingerprint density at radius 1 is 1.33 bits per heavy atom. The van der Waals surface area contributed by atoms with Gasteiger partial charge < -0.3 is 9.88 Å². The van der Waals surface area contributed by atoms with Crippen molar-refractivity contribution in [2.24, 2.45) is 0 Å². The predicted molar refractivity (Wildman–Crippen MR) is 104 cm³/mol. The molecule has 5 nitrogen and oxygen atoms in total. The van der Waals surface area contributed by atoms with Gasteiger partial charge in [-0.2, -0.15) is 0 Å². The lowest BCUT2D eigenvalue weighted by Gasteiger charge is -2.22. The Balaban J connectivity index is 1.94. The number of carbonyl (C=O) groups is 1. The molecule has 0 fully saturated rings. The molecule has 0 aliphatic carbocycles. The molecule has 0 unspecified atom stereocenters. The van der Waals surface area contributed by atoms with Crippen molar-refractivity contribution in [3.05, 3.63) is 41.6 Å². The monoisotopic (exact) mass is 366 g/mol. The summed E-state index contributed by atoms with van der Waals surface area (Å²) < 4.78 is 17.1. The molecule has 2 aromatic heterocycles. The normalized spacial score (nSPS) is 15.1. The molecule has 3 aromatic rings. The first-order valence-corrected chi connectivity index (χ1v) is 9.35. The molecule has 1 aromatic carbocycles. The lowest BCUT2D eigenvalue weighted by Crippen LogP contribution is -2.21. The average Bonchev–Trinajstić information content (AvgIpc) is 3.15. The molecule has 0 saturated heterocycles. The molecular formula is C21H23FN4O. The molecule has 3 heterocycles. The van der Waals surface area contributed by atoms with E-state index >= 15 is 0 Å². The van der Waals surface area contributed by atoms with Crippen molar-refractivity contribution in [3.8, 4) is 11.1 Å². The summed E-state index contributed by atoms with van der Waals surface area (Å²) in [5, 5.41) is 2.59. The molecule has 0 spiro atoms. The van der Waals surface area contributed by atoms with Gasteiger partial charge in [-0.25, -0.2) is 14.4 Å². The van der Waals surface area contributed by atoms with Gasteiger partial charge in [-0.3, -0.25) is 4.79 Å². The number of nitrogens with one attached hydrogen (secondary N) is 1. The average molecular weight is 366 g/mol. The Bertz CT molecular complexity index is 1040. The van der Waals surface area contributed by atoms with E-state index in [1.165, 1.54) is 6.07 Å². The molecule has 1 aliphatic rings. The molecular weight excluding hydrogens is 343 g/mol. The fourth-order valence-electron chi connectivity index (χ4n) is 4.07. The lowest BCUT2D eigenvalue weighted by atomic mass is 9.97. The van der Waals surface area contributed by atoms with E-state index in [2.05, 4.69) is 40.6 Å². The van der Waals surface area contributed by atoms with E-state index in [4.69, 9.17) is 0 Å². The fraction of sp³-hybridized carbons (Fsp3) is 0.381. The highest BCUT2D eigenvalue weighted by atomic mass is 19.1. The van der Waals surface area contributed by atoms with Gasteiger partial charge in [0.05, 0.1) is 5.52 Å². The number of imidazole rings is 1. The molecule has 0 saturated carbocycles. The van der Waals surface area contributed by atoms with E-state index in [-0.39, 0.29) is 11.4 Å². The zero-order valence-corrected chi connectivity index (χ0v) is 15.8. The van der Waals surface area contributed by atoms with Crippen LogP contribution in [0.1, 0.15) is 45.0 Å². The maximum Gasteiger partial charge on any atom is 0.212 e. The Labute approximate surface area is 157 Å². The van der Waals surface area contributed by atoms with Gasteiger partial charge in [-0.1, -0.05) is 13.3 Å². The number of aromatic nitrogens is 3. The highest BCUT2D eigenvalue weighted by molar-refractivity contribution is 5.85. The topological polar surface area (TPSA) is 59.8 Å². The SMILES string of the molecule is CCCc1cnc(NC=O)cc1-c1cc(F)c2nc3n(c2c1)C(C)(C)CC3. The molecule has 0 bridgehead atoms. The van der Waals surface area contributed by atoms with Crippen molar-refractivity contribution in [2.75, 3.05) is 5.32 Å². The number of rotatable bonds is 5. The molecule has 0 radical (unpaired) electrons. The molecule has 1 aliphatic heterocycles. The van der Waals surface area contributed by atoms with Crippen LogP contribution in [-0.2, 0) is 23.2 Å². The minimum Gasteiger partial charge on any atom is -0.322 e. The van der Waals surface area contributed by atoms with Gasteiger partial charge in [0, 0.05) is 18.2 Å². The quantitative estimate of drug-likeness (QED) is 0.679. The largest absolute Gasteiger partial charge is 0.322 e. The number of amides is 1. The number of hydrogen-bond donors (Lipinski definition) is 1. The van der Waals surface area contributed by atoms with E-state index in [1.54, 1.807) is 6.20 Å². The van der Waals surface area contributed by atoms with Gasteiger partial charge in [0.15, 0.2) is 5.82 Å². The van der Waals surface area contributed by atoms with Gasteiger partial charge in [-0.15, -0.1) is 0 Å². The first-order chi connectivity index (χ1) is 12.9. The number of benzene rings is 1. The van der Waals surface area contributed by atoms with Crippen molar-refractivity contribution in [1.29, 1.82) is 0 Å². The van der Waals surface area contributed by atoms with Crippen molar-refractivity contribution in [3.63, 3.8) is 0 Å². The third-order valence-corrected chi connectivity index (χ3v) is 5.37. The standard InChI is InChI=1S/C21H23FN4O/c1-4-5-13-11-23-18(24-12-27)10-15(13)14-8-16(22)20-17(9-14)26-19(25-20)6-7-21(26,2)3/h8-12H,4-7H2,1-3H3,(H,23,24,27). The Kier molecular flexibility index (Phi) is 4.21. The van der Waals surface area contributed by atoms with E-state index in [0.717, 1.165) is 53.7 Å². The molecule has 1 amide bonds. The summed E-state index contributed by atoms with van der Waals surface area (Å²) in [5.74, 6) is 1.08. The Hall–Kier alpha value is -2.76. The van der Waals surface area contributed by atoms with E-state index in [0.29, 0.717) is 17.7 Å². The van der Waals surface area contributed by atoms with Crippen LogP contribution in [0.4, 0.5) is 10.2 Å². The third kappa shape index (κ3) is 2.89. The maximum atomic E-state index is 14.9. The number of aryl methyl sites for hydroxylation is 2. The zero-order valence-electron chi connectivity index (χ0n) is 15.8. The van der Waals surface area contributed by atoms with Crippen LogP contribution in [-0.4, -0.2) is 20.9 Å². The molecule has 4 rings (SSSR count). The van der Waals surface area contributed by atoms with E-state index in [1.807, 2.05) is 12.1 Å². The van der Waals surface area contributed by atoms with Crippen LogP contribution in [0.3, 0.4) is 0 Å². The molecule has 1 N–H and O–H groups in total. The van der Waals surface area contributed by atoms with Crippen LogP contribution in [0.5, 0.6) is 0 Å². The third-order valence-electron chi connectivity index (χ3n) is 5.37. The molecule has 27 heavy (non-hydrogen) atoms. The van der Waals surface area contributed by atoms with Crippen LogP contribution in [0.15, 0.2) is 24.4 Å². The van der Waals surface area contributed by atoms with Crippen molar-refractivity contribution >= 4 is 23.3 Å². The highest BCUT2D eigenvalue weighted by Gasteiger charge is 2.33. The number of carbonyl (C=O) groups excluding carboxylic acids is 1. The fourth-order valence-corrected chi connectivity index (χ4v) is 4.07. The smallest absolute Gasteiger partial charge is 0.212 e. The van der Waals surface area contributed by atoms with Gasteiger partial charge in [0.2, 0.25) is 6.41 Å². The maximum absolute atomic E-state index is 14.9. The van der Waals surface area contributed by atoms with Crippen LogP contribution < -0.4 is 5.32 Å². The van der Waals surface area contributed by atoms with Crippen molar-refractivity contribution < 1.29 is 9.18 Å². The number of fused-ring (bicyclic) bond motifs is 3. The van der Waals surface area contributed by atoms with E-state index in [9.17, 15) is 9.18 Å². The first kappa shape index (κ1) is 17.6. The van der Waals surface area contributed by atoms with Crippen LogP contribution in [0.2, 0.25) is 0 Å². The highest BCUT2D eigenvalue weighted by Crippen LogP contribution is 2.38. The number of hydrogen-bond acceptors (Lipinski definition) is 3. The number of pyridine rings is 1. The summed E-state index contributed by atoms with van der Waals surface area (Å²) in [6, 6.07) is 5.37. The number of anilines is 1. The zero-order chi connectivity index (χ0) is 19.2.